The smallest absolute Gasteiger partial charge is 0.237 e. The summed E-state index contributed by atoms with van der Waals surface area (Å²) in [5.41, 5.74) is 5.00. The molecule has 0 heterocycles. The molecule has 1 rings (SSSR count). The predicted molar refractivity (Wildman–Crippen MR) is 40.8 cm³/mol. The third-order valence-corrected chi connectivity index (χ3v) is 1.96. The summed E-state index contributed by atoms with van der Waals surface area (Å²) < 4.78 is 0. The Bertz CT molecular complexity index is 164. The molecule has 0 aromatic carbocycles. The lowest BCUT2D eigenvalue weighted by atomic mass is 10.2. The first-order valence-corrected chi connectivity index (χ1v) is 3.78. The lowest BCUT2D eigenvalue weighted by Crippen LogP contribution is -2.46. The molecule has 11 heavy (non-hydrogen) atoms. The zero-order valence-electron chi connectivity index (χ0n) is 6.63. The van der Waals surface area contributed by atoms with Gasteiger partial charge >= 0.3 is 0 Å². The average molecular weight is 158 g/mol. The van der Waals surface area contributed by atoms with Gasteiger partial charge in [0, 0.05) is 0 Å². The summed E-state index contributed by atoms with van der Waals surface area (Å²) in [4.78, 5) is 11.0. The second-order valence-electron chi connectivity index (χ2n) is 3.22. The van der Waals surface area contributed by atoms with Crippen molar-refractivity contribution in [1.82, 2.24) is 5.32 Å². The molecule has 0 radical (unpaired) electrons. The molecule has 1 aliphatic carbocycles. The lowest BCUT2D eigenvalue weighted by molar-refractivity contribution is -0.123. The molecular formula is C7H14N2O2. The Morgan fingerprint density at radius 3 is 2.64 bits per heavy atom. The number of amides is 1. The number of rotatable bonds is 3. The van der Waals surface area contributed by atoms with E-state index >= 15 is 0 Å². The van der Waals surface area contributed by atoms with Gasteiger partial charge in [-0.25, -0.2) is 0 Å². The van der Waals surface area contributed by atoms with Gasteiger partial charge in [-0.3, -0.25) is 4.79 Å². The molecule has 0 spiro atoms. The topological polar surface area (TPSA) is 75.4 Å². The number of carbonyl (C=O) groups excluding carboxylic acids is 1. The van der Waals surface area contributed by atoms with Crippen molar-refractivity contribution in [3.63, 3.8) is 0 Å². The van der Waals surface area contributed by atoms with E-state index in [-0.39, 0.29) is 18.1 Å². The molecule has 1 aliphatic rings. The summed E-state index contributed by atoms with van der Waals surface area (Å²) in [6.07, 6.45) is 1.73. The van der Waals surface area contributed by atoms with Crippen molar-refractivity contribution in [3.05, 3.63) is 0 Å². The molecule has 0 bridgehead atoms. The summed E-state index contributed by atoms with van der Waals surface area (Å²) in [7, 11) is 0. The minimum absolute atomic E-state index is 0.0193. The van der Waals surface area contributed by atoms with Crippen LogP contribution in [0.4, 0.5) is 0 Å². The van der Waals surface area contributed by atoms with Crippen molar-refractivity contribution in [3.8, 4) is 0 Å². The molecule has 0 saturated heterocycles. The first-order valence-electron chi connectivity index (χ1n) is 3.78. The van der Waals surface area contributed by atoms with E-state index in [9.17, 15) is 4.79 Å². The largest absolute Gasteiger partial charge is 0.394 e. The summed E-state index contributed by atoms with van der Waals surface area (Å²) in [5.74, 6) is -0.184. The number of nitrogens with one attached hydrogen (secondary N) is 1. The normalized spacial score (nSPS) is 22.5. The van der Waals surface area contributed by atoms with E-state index in [0.717, 1.165) is 12.8 Å². The van der Waals surface area contributed by atoms with Crippen molar-refractivity contribution in [1.29, 1.82) is 0 Å². The van der Waals surface area contributed by atoms with Crippen molar-refractivity contribution in [2.45, 2.75) is 31.3 Å². The minimum Gasteiger partial charge on any atom is -0.394 e. The zero-order valence-corrected chi connectivity index (χ0v) is 6.63. The fourth-order valence-corrected chi connectivity index (χ4v) is 0.849. The summed E-state index contributed by atoms with van der Waals surface area (Å²) in [5, 5.41) is 11.5. The second-order valence-corrected chi connectivity index (χ2v) is 3.22. The van der Waals surface area contributed by atoms with Gasteiger partial charge in [-0.2, -0.15) is 0 Å². The van der Waals surface area contributed by atoms with Gasteiger partial charge in [0.25, 0.3) is 0 Å². The van der Waals surface area contributed by atoms with Crippen LogP contribution < -0.4 is 11.1 Å². The van der Waals surface area contributed by atoms with E-state index < -0.39 is 6.04 Å². The summed E-state index contributed by atoms with van der Waals surface area (Å²) in [6, 6.07) is -0.487. The highest BCUT2D eigenvalue weighted by molar-refractivity contribution is 5.82. The summed E-state index contributed by atoms with van der Waals surface area (Å²) in [6.45, 7) is 1.65. The van der Waals surface area contributed by atoms with Crippen molar-refractivity contribution in [2.75, 3.05) is 6.61 Å². The van der Waals surface area contributed by atoms with Gasteiger partial charge in [0.1, 0.15) is 0 Å². The van der Waals surface area contributed by atoms with Crippen LogP contribution >= 0.6 is 0 Å². The average Bonchev–Trinajstić information content (AvgIpc) is 2.69. The van der Waals surface area contributed by atoms with Gasteiger partial charge in [-0.15, -0.1) is 0 Å². The molecule has 0 aromatic heterocycles. The predicted octanol–water partition coefficient (Wildman–Crippen LogP) is -1.03. The Morgan fingerprint density at radius 2 is 2.36 bits per heavy atom. The fraction of sp³-hybridized carbons (Fsp3) is 0.857. The molecule has 1 amide bonds. The van der Waals surface area contributed by atoms with E-state index in [1.807, 2.05) is 0 Å². The molecule has 64 valence electrons. The highest BCUT2D eigenvalue weighted by Crippen LogP contribution is 2.34. The molecule has 0 aromatic rings. The van der Waals surface area contributed by atoms with E-state index in [1.54, 1.807) is 6.92 Å². The molecule has 1 atom stereocenters. The van der Waals surface area contributed by atoms with Crippen LogP contribution in [0.3, 0.4) is 0 Å². The van der Waals surface area contributed by atoms with Crippen LogP contribution in [0.5, 0.6) is 0 Å². The molecule has 4 heteroatoms. The third kappa shape index (κ3) is 1.91. The Kier molecular flexibility index (Phi) is 2.15. The highest BCUT2D eigenvalue weighted by atomic mass is 16.3. The maximum absolute atomic E-state index is 11.0. The monoisotopic (exact) mass is 158 g/mol. The van der Waals surface area contributed by atoms with Gasteiger partial charge < -0.3 is 16.2 Å². The van der Waals surface area contributed by atoms with Gasteiger partial charge in [0.15, 0.2) is 0 Å². The Morgan fingerprint density at radius 1 is 1.82 bits per heavy atom. The minimum atomic E-state index is -0.487. The maximum Gasteiger partial charge on any atom is 0.237 e. The van der Waals surface area contributed by atoms with Crippen molar-refractivity contribution in [2.24, 2.45) is 5.73 Å². The van der Waals surface area contributed by atoms with Crippen LogP contribution in [0.2, 0.25) is 0 Å². The zero-order chi connectivity index (χ0) is 8.48. The Balaban J connectivity index is 2.36. The van der Waals surface area contributed by atoms with Crippen molar-refractivity contribution >= 4 is 5.91 Å². The van der Waals surface area contributed by atoms with E-state index in [2.05, 4.69) is 5.32 Å². The number of aliphatic hydroxyl groups excluding tert-OH is 1. The first kappa shape index (κ1) is 8.49. The lowest BCUT2D eigenvalue weighted by Gasteiger charge is -2.15. The number of aliphatic hydroxyl groups is 1. The number of hydrogen-bond acceptors (Lipinski definition) is 3. The Labute approximate surface area is 65.8 Å². The van der Waals surface area contributed by atoms with Crippen LogP contribution in [0.15, 0.2) is 0 Å². The SMILES string of the molecule is C[C@H](N)C(=O)NC1(CO)CC1. The molecular weight excluding hydrogens is 144 g/mol. The second kappa shape index (κ2) is 2.79. The molecule has 1 saturated carbocycles. The standard InChI is InChI=1S/C7H14N2O2/c1-5(8)6(11)9-7(4-10)2-3-7/h5,10H,2-4,8H2,1H3,(H,9,11)/t5-/m0/s1. The third-order valence-electron chi connectivity index (χ3n) is 1.96. The van der Waals surface area contributed by atoms with Gasteiger partial charge in [-0.1, -0.05) is 0 Å². The van der Waals surface area contributed by atoms with E-state index in [4.69, 9.17) is 10.8 Å². The van der Waals surface area contributed by atoms with Crippen LogP contribution in [0.25, 0.3) is 0 Å². The maximum atomic E-state index is 11.0. The molecule has 0 unspecified atom stereocenters. The fourth-order valence-electron chi connectivity index (χ4n) is 0.849. The molecule has 1 fully saturated rings. The van der Waals surface area contributed by atoms with Crippen LogP contribution in [-0.4, -0.2) is 29.2 Å². The van der Waals surface area contributed by atoms with Crippen LogP contribution in [-0.2, 0) is 4.79 Å². The van der Waals surface area contributed by atoms with Gasteiger partial charge in [0.2, 0.25) is 5.91 Å². The van der Waals surface area contributed by atoms with Gasteiger partial charge in [0.05, 0.1) is 18.2 Å². The first-order chi connectivity index (χ1) is 5.09. The van der Waals surface area contributed by atoms with Crippen LogP contribution in [0.1, 0.15) is 19.8 Å². The summed E-state index contributed by atoms with van der Waals surface area (Å²) >= 11 is 0. The quantitative estimate of drug-likeness (QED) is 0.492. The number of nitrogens with two attached hydrogens (primary N) is 1. The van der Waals surface area contributed by atoms with Crippen LogP contribution in [0, 0.1) is 0 Å². The number of hydrogen-bond donors (Lipinski definition) is 3. The van der Waals surface area contributed by atoms with E-state index in [1.165, 1.54) is 0 Å². The molecule has 4 nitrogen and oxygen atoms in total. The van der Waals surface area contributed by atoms with Crippen molar-refractivity contribution < 1.29 is 9.90 Å². The number of carbonyl (C=O) groups is 1. The Hall–Kier alpha value is -0.610. The highest BCUT2D eigenvalue weighted by Gasteiger charge is 2.43. The molecule has 0 aliphatic heterocycles. The van der Waals surface area contributed by atoms with Gasteiger partial charge in [-0.05, 0) is 19.8 Å². The molecule has 4 N–H and O–H groups in total. The van der Waals surface area contributed by atoms with E-state index in [0.29, 0.717) is 0 Å².